The molecule has 2 atom stereocenters. The molecule has 1 fully saturated rings. The molecule has 0 aromatic heterocycles. The molecule has 2 rings (SSSR count). The zero-order chi connectivity index (χ0) is 10.5. The van der Waals surface area contributed by atoms with Crippen molar-refractivity contribution < 1.29 is 9.13 Å². The van der Waals surface area contributed by atoms with Crippen LogP contribution in [0.4, 0.5) is 4.39 Å². The Balaban J connectivity index is 1.89. The van der Waals surface area contributed by atoms with E-state index < -0.39 is 0 Å². The normalized spacial score (nSPS) is 26.5. The highest BCUT2D eigenvalue weighted by molar-refractivity contribution is 5.16. The largest absolute Gasteiger partial charge is 0.378 e. The number of halogens is 1. The molecule has 15 heavy (non-hydrogen) atoms. The second-order valence-corrected chi connectivity index (χ2v) is 3.94. The second kappa shape index (κ2) is 5.24. The summed E-state index contributed by atoms with van der Waals surface area (Å²) in [7, 11) is 0. The number of hydrogen-bond donors (Lipinski definition) is 1. The molecule has 0 spiro atoms. The fourth-order valence-corrected chi connectivity index (χ4v) is 1.89. The van der Waals surface area contributed by atoms with Gasteiger partial charge < -0.3 is 10.1 Å². The Morgan fingerprint density at radius 3 is 2.67 bits per heavy atom. The summed E-state index contributed by atoms with van der Waals surface area (Å²) in [6.07, 6.45) is 0.900. The van der Waals surface area contributed by atoms with E-state index in [2.05, 4.69) is 17.4 Å². The molecule has 0 amide bonds. The lowest BCUT2D eigenvalue weighted by Crippen LogP contribution is -2.50. The van der Waals surface area contributed by atoms with Gasteiger partial charge in [-0.05, 0) is 12.0 Å². The Kier molecular flexibility index (Phi) is 3.69. The van der Waals surface area contributed by atoms with E-state index in [0.29, 0.717) is 13.2 Å². The summed E-state index contributed by atoms with van der Waals surface area (Å²) >= 11 is 0. The predicted molar refractivity (Wildman–Crippen MR) is 57.7 cm³/mol. The first kappa shape index (κ1) is 10.6. The maximum Gasteiger partial charge on any atom is 0.107 e. The first-order valence-corrected chi connectivity index (χ1v) is 5.32. The molecule has 0 aliphatic carbocycles. The van der Waals surface area contributed by atoms with Gasteiger partial charge in [0.15, 0.2) is 0 Å². The molecule has 0 saturated carbocycles. The van der Waals surface area contributed by atoms with Crippen molar-refractivity contribution in [2.45, 2.75) is 18.5 Å². The highest BCUT2D eigenvalue weighted by Gasteiger charge is 2.21. The van der Waals surface area contributed by atoms with Crippen LogP contribution in [0.15, 0.2) is 30.3 Å². The predicted octanol–water partition coefficient (Wildman–Crippen LogP) is 1.56. The van der Waals surface area contributed by atoms with E-state index in [4.69, 9.17) is 4.74 Å². The van der Waals surface area contributed by atoms with Crippen molar-refractivity contribution in [3.05, 3.63) is 35.9 Å². The molecule has 1 aromatic carbocycles. The topological polar surface area (TPSA) is 21.3 Å². The zero-order valence-electron chi connectivity index (χ0n) is 8.66. The van der Waals surface area contributed by atoms with Crippen molar-refractivity contribution in [1.82, 2.24) is 5.32 Å². The summed E-state index contributed by atoms with van der Waals surface area (Å²) in [5, 5.41) is 3.25. The minimum atomic E-state index is -0.356. The minimum absolute atomic E-state index is 0.132. The lowest BCUT2D eigenvalue weighted by Gasteiger charge is -2.29. The summed E-state index contributed by atoms with van der Waals surface area (Å²) in [5.74, 6) is 0. The molecule has 1 heterocycles. The van der Waals surface area contributed by atoms with Gasteiger partial charge in [0, 0.05) is 6.04 Å². The van der Waals surface area contributed by atoms with Gasteiger partial charge in [-0.15, -0.1) is 0 Å². The van der Waals surface area contributed by atoms with Crippen LogP contribution in [0.25, 0.3) is 0 Å². The number of alkyl halides is 1. The van der Waals surface area contributed by atoms with E-state index in [9.17, 15) is 4.39 Å². The molecule has 1 saturated heterocycles. The number of ether oxygens (including phenoxy) is 1. The van der Waals surface area contributed by atoms with Gasteiger partial charge >= 0.3 is 0 Å². The summed E-state index contributed by atoms with van der Waals surface area (Å²) in [4.78, 5) is 0. The van der Waals surface area contributed by atoms with E-state index in [0.717, 1.165) is 6.42 Å². The van der Waals surface area contributed by atoms with Crippen LogP contribution >= 0.6 is 0 Å². The molecule has 1 aliphatic rings. The van der Waals surface area contributed by atoms with E-state index in [1.807, 2.05) is 18.2 Å². The molecule has 1 N–H and O–H groups in total. The number of rotatable bonds is 3. The fourth-order valence-electron chi connectivity index (χ4n) is 1.89. The van der Waals surface area contributed by atoms with E-state index >= 15 is 0 Å². The molecule has 0 bridgehead atoms. The Morgan fingerprint density at radius 1 is 1.20 bits per heavy atom. The summed E-state index contributed by atoms with van der Waals surface area (Å²) < 4.78 is 17.8. The maximum atomic E-state index is 12.4. The van der Waals surface area contributed by atoms with Crippen LogP contribution in [-0.4, -0.2) is 32.0 Å². The SMILES string of the molecule is FCC1COCC(Cc2ccccc2)N1. The van der Waals surface area contributed by atoms with Crippen LogP contribution in [0.1, 0.15) is 5.56 Å². The summed E-state index contributed by atoms with van der Waals surface area (Å²) in [5.41, 5.74) is 1.26. The van der Waals surface area contributed by atoms with Gasteiger partial charge in [-0.1, -0.05) is 30.3 Å². The first-order chi connectivity index (χ1) is 7.38. The number of hydrogen-bond acceptors (Lipinski definition) is 2. The minimum Gasteiger partial charge on any atom is -0.378 e. The van der Waals surface area contributed by atoms with Crippen molar-refractivity contribution in [3.63, 3.8) is 0 Å². The van der Waals surface area contributed by atoms with E-state index in [1.165, 1.54) is 5.56 Å². The Hall–Kier alpha value is -0.930. The Bertz CT molecular complexity index is 291. The molecule has 1 aliphatic heterocycles. The van der Waals surface area contributed by atoms with Gasteiger partial charge in [-0.25, -0.2) is 4.39 Å². The molecule has 3 heteroatoms. The highest BCUT2D eigenvalue weighted by Crippen LogP contribution is 2.08. The van der Waals surface area contributed by atoms with Gasteiger partial charge in [0.25, 0.3) is 0 Å². The van der Waals surface area contributed by atoms with Crippen LogP contribution in [0.3, 0.4) is 0 Å². The first-order valence-electron chi connectivity index (χ1n) is 5.32. The standard InChI is InChI=1S/C12H16FNO/c13-7-12-9-15-8-11(14-12)6-10-4-2-1-3-5-10/h1-5,11-12,14H,6-9H2. The van der Waals surface area contributed by atoms with Crippen LogP contribution in [0.5, 0.6) is 0 Å². The van der Waals surface area contributed by atoms with Gasteiger partial charge in [0.1, 0.15) is 6.67 Å². The smallest absolute Gasteiger partial charge is 0.107 e. The molecule has 2 unspecified atom stereocenters. The number of morpholine rings is 1. The lowest BCUT2D eigenvalue weighted by atomic mass is 10.0. The highest BCUT2D eigenvalue weighted by atomic mass is 19.1. The third-order valence-corrected chi connectivity index (χ3v) is 2.62. The molecular weight excluding hydrogens is 193 g/mol. The lowest BCUT2D eigenvalue weighted by molar-refractivity contribution is 0.0382. The monoisotopic (exact) mass is 209 g/mol. The van der Waals surface area contributed by atoms with Crippen molar-refractivity contribution in [2.75, 3.05) is 19.9 Å². The number of nitrogens with one attached hydrogen (secondary N) is 1. The van der Waals surface area contributed by atoms with Crippen molar-refractivity contribution in [1.29, 1.82) is 0 Å². The molecule has 2 nitrogen and oxygen atoms in total. The van der Waals surface area contributed by atoms with Crippen LogP contribution in [0, 0.1) is 0 Å². The maximum absolute atomic E-state index is 12.4. The third kappa shape index (κ3) is 3.01. The van der Waals surface area contributed by atoms with Gasteiger partial charge in [-0.2, -0.15) is 0 Å². The van der Waals surface area contributed by atoms with Crippen LogP contribution in [-0.2, 0) is 11.2 Å². The second-order valence-electron chi connectivity index (χ2n) is 3.94. The van der Waals surface area contributed by atoms with E-state index in [-0.39, 0.29) is 18.8 Å². The van der Waals surface area contributed by atoms with Gasteiger partial charge in [0.05, 0.1) is 19.3 Å². The van der Waals surface area contributed by atoms with Crippen LogP contribution < -0.4 is 5.32 Å². The van der Waals surface area contributed by atoms with E-state index in [1.54, 1.807) is 0 Å². The average Bonchev–Trinajstić information content (AvgIpc) is 2.31. The number of benzene rings is 1. The molecule has 1 aromatic rings. The fraction of sp³-hybridized carbons (Fsp3) is 0.500. The van der Waals surface area contributed by atoms with Crippen molar-refractivity contribution in [3.8, 4) is 0 Å². The quantitative estimate of drug-likeness (QED) is 0.815. The third-order valence-electron chi connectivity index (χ3n) is 2.62. The Morgan fingerprint density at radius 2 is 1.93 bits per heavy atom. The average molecular weight is 209 g/mol. The molecule has 0 radical (unpaired) electrons. The van der Waals surface area contributed by atoms with Gasteiger partial charge in [0.2, 0.25) is 0 Å². The zero-order valence-corrected chi connectivity index (χ0v) is 8.66. The molecule has 82 valence electrons. The van der Waals surface area contributed by atoms with Crippen molar-refractivity contribution in [2.24, 2.45) is 0 Å². The van der Waals surface area contributed by atoms with Gasteiger partial charge in [-0.3, -0.25) is 0 Å². The van der Waals surface area contributed by atoms with Crippen LogP contribution in [0.2, 0.25) is 0 Å². The Labute approximate surface area is 89.4 Å². The molecular formula is C12H16FNO. The summed E-state index contributed by atoms with van der Waals surface area (Å²) in [6.45, 7) is 0.804. The summed E-state index contributed by atoms with van der Waals surface area (Å²) in [6, 6.07) is 10.3. The van der Waals surface area contributed by atoms with Crippen molar-refractivity contribution >= 4 is 0 Å².